The van der Waals surface area contributed by atoms with Crippen molar-refractivity contribution >= 4 is 41.1 Å². The normalized spacial score (nSPS) is 17.4. The third kappa shape index (κ3) is 5.30. The van der Waals surface area contributed by atoms with Crippen molar-refractivity contribution in [3.05, 3.63) is 39.7 Å². The number of ether oxygens (including phenoxy) is 1. The fourth-order valence-corrected chi connectivity index (χ4v) is 3.78. The molecule has 2 aromatic rings. The van der Waals surface area contributed by atoms with E-state index in [1.807, 2.05) is 32.9 Å². The van der Waals surface area contributed by atoms with Crippen molar-refractivity contribution in [1.29, 1.82) is 0 Å². The van der Waals surface area contributed by atoms with Crippen LogP contribution in [0.2, 0.25) is 10.0 Å². The van der Waals surface area contributed by atoms with Crippen LogP contribution in [-0.2, 0) is 10.5 Å². The van der Waals surface area contributed by atoms with Gasteiger partial charge in [-0.05, 0) is 51.3 Å². The number of rotatable bonds is 4. The van der Waals surface area contributed by atoms with Gasteiger partial charge in [0, 0.05) is 12.3 Å². The fourth-order valence-electron chi connectivity index (χ4n) is 2.75. The third-order valence-electron chi connectivity index (χ3n) is 3.93. The molecule has 2 heterocycles. The minimum atomic E-state index is -0.542. The SMILES string of the molecule is CC(C)(C)OC(=O)N1CCC[C@@H]1c1nnc(SCc2ccc(Cl)c(Cl)c2)o1. The molecule has 1 aliphatic rings. The number of benzene rings is 1. The summed E-state index contributed by atoms with van der Waals surface area (Å²) in [5, 5.41) is 9.72. The molecule has 6 nitrogen and oxygen atoms in total. The quantitative estimate of drug-likeness (QED) is 0.576. The third-order valence-corrected chi connectivity index (χ3v) is 5.56. The number of carbonyl (C=O) groups is 1. The number of likely N-dealkylation sites (tertiary alicyclic amines) is 1. The van der Waals surface area contributed by atoms with Crippen LogP contribution < -0.4 is 0 Å². The summed E-state index contributed by atoms with van der Waals surface area (Å²) < 4.78 is 11.3. The number of hydrogen-bond acceptors (Lipinski definition) is 6. The number of carbonyl (C=O) groups excluding carboxylic acids is 1. The first-order valence-electron chi connectivity index (χ1n) is 8.63. The van der Waals surface area contributed by atoms with Crippen LogP contribution in [0.4, 0.5) is 4.79 Å². The summed E-state index contributed by atoms with van der Waals surface area (Å²) in [4.78, 5) is 14.1. The highest BCUT2D eigenvalue weighted by atomic mass is 35.5. The molecule has 1 amide bonds. The Morgan fingerprint density at radius 2 is 2.11 bits per heavy atom. The summed E-state index contributed by atoms with van der Waals surface area (Å²) in [5.41, 5.74) is 0.463. The van der Waals surface area contributed by atoms with Gasteiger partial charge in [0.25, 0.3) is 5.22 Å². The minimum Gasteiger partial charge on any atom is -0.444 e. The fraction of sp³-hybridized carbons (Fsp3) is 0.500. The molecule has 0 aliphatic carbocycles. The number of thioether (sulfide) groups is 1. The van der Waals surface area contributed by atoms with Crippen LogP contribution in [0.3, 0.4) is 0 Å². The van der Waals surface area contributed by atoms with E-state index >= 15 is 0 Å². The van der Waals surface area contributed by atoms with Crippen molar-refractivity contribution in [1.82, 2.24) is 15.1 Å². The van der Waals surface area contributed by atoms with Crippen LogP contribution in [0, 0.1) is 0 Å². The van der Waals surface area contributed by atoms with Crippen LogP contribution in [0.25, 0.3) is 0 Å². The van der Waals surface area contributed by atoms with Gasteiger partial charge in [-0.25, -0.2) is 4.79 Å². The lowest BCUT2D eigenvalue weighted by molar-refractivity contribution is 0.0201. The number of aromatic nitrogens is 2. The number of nitrogens with zero attached hydrogens (tertiary/aromatic N) is 3. The number of hydrogen-bond donors (Lipinski definition) is 0. The Hall–Kier alpha value is -1.44. The maximum absolute atomic E-state index is 12.4. The molecule has 9 heteroatoms. The summed E-state index contributed by atoms with van der Waals surface area (Å²) in [6, 6.07) is 5.23. The maximum Gasteiger partial charge on any atom is 0.410 e. The second-order valence-electron chi connectivity index (χ2n) is 7.28. The van der Waals surface area contributed by atoms with Crippen molar-refractivity contribution in [2.24, 2.45) is 0 Å². The zero-order valence-corrected chi connectivity index (χ0v) is 17.7. The van der Waals surface area contributed by atoms with Gasteiger partial charge in [-0.2, -0.15) is 0 Å². The molecule has 0 spiro atoms. The van der Waals surface area contributed by atoms with E-state index in [9.17, 15) is 4.79 Å². The molecule has 146 valence electrons. The summed E-state index contributed by atoms with van der Waals surface area (Å²) in [5.74, 6) is 1.06. The Labute approximate surface area is 172 Å². The van der Waals surface area contributed by atoms with Crippen LogP contribution >= 0.6 is 35.0 Å². The minimum absolute atomic E-state index is 0.244. The molecule has 0 N–H and O–H groups in total. The monoisotopic (exact) mass is 429 g/mol. The van der Waals surface area contributed by atoms with Gasteiger partial charge < -0.3 is 9.15 Å². The molecular formula is C18H21Cl2N3O3S. The molecular weight excluding hydrogens is 409 g/mol. The van der Waals surface area contributed by atoms with Crippen LogP contribution in [0.5, 0.6) is 0 Å². The van der Waals surface area contributed by atoms with E-state index in [4.69, 9.17) is 32.4 Å². The lowest BCUT2D eigenvalue weighted by Crippen LogP contribution is -2.36. The van der Waals surface area contributed by atoms with Crippen LogP contribution in [0.1, 0.15) is 51.1 Å². The standard InChI is InChI=1S/C18H21Cl2N3O3S/c1-18(2,3)26-17(24)23-8-4-5-14(23)15-21-22-16(25-15)27-10-11-6-7-12(19)13(20)9-11/h6-7,9,14H,4-5,8,10H2,1-3H3/t14-/m1/s1. The molecule has 27 heavy (non-hydrogen) atoms. The first-order valence-corrected chi connectivity index (χ1v) is 10.4. The van der Waals surface area contributed by atoms with E-state index in [-0.39, 0.29) is 12.1 Å². The van der Waals surface area contributed by atoms with Crippen molar-refractivity contribution in [2.45, 2.75) is 56.2 Å². The average molecular weight is 430 g/mol. The van der Waals surface area contributed by atoms with Crippen molar-refractivity contribution < 1.29 is 13.9 Å². The van der Waals surface area contributed by atoms with Crippen molar-refractivity contribution in [3.8, 4) is 0 Å². The highest BCUT2D eigenvalue weighted by molar-refractivity contribution is 7.98. The highest BCUT2D eigenvalue weighted by Gasteiger charge is 2.36. The van der Waals surface area contributed by atoms with Crippen LogP contribution in [-0.4, -0.2) is 33.3 Å². The van der Waals surface area contributed by atoms with Gasteiger partial charge in [0.2, 0.25) is 5.89 Å². The average Bonchev–Trinajstić information content (AvgIpc) is 3.22. The maximum atomic E-state index is 12.4. The number of halogens is 2. The highest BCUT2D eigenvalue weighted by Crippen LogP contribution is 2.34. The predicted molar refractivity (Wildman–Crippen MR) is 105 cm³/mol. The summed E-state index contributed by atoms with van der Waals surface area (Å²) in [6.45, 7) is 6.16. The lowest BCUT2D eigenvalue weighted by atomic mass is 10.2. The zero-order valence-electron chi connectivity index (χ0n) is 15.4. The second kappa shape index (κ2) is 8.29. The molecule has 3 rings (SSSR count). The molecule has 1 aromatic carbocycles. The largest absolute Gasteiger partial charge is 0.444 e. The predicted octanol–water partition coefficient (Wildman–Crippen LogP) is 5.74. The van der Waals surface area contributed by atoms with Crippen molar-refractivity contribution in [3.63, 3.8) is 0 Å². The molecule has 1 aromatic heterocycles. The summed E-state index contributed by atoms with van der Waals surface area (Å²) >= 11 is 13.4. The molecule has 1 aliphatic heterocycles. The van der Waals surface area contributed by atoms with E-state index in [1.54, 1.807) is 11.0 Å². The van der Waals surface area contributed by atoms with Gasteiger partial charge in [0.15, 0.2) is 0 Å². The molecule has 0 saturated carbocycles. The molecule has 1 atom stereocenters. The summed E-state index contributed by atoms with van der Waals surface area (Å²) in [7, 11) is 0. The van der Waals surface area contributed by atoms with Crippen LogP contribution in [0.15, 0.2) is 27.8 Å². The van der Waals surface area contributed by atoms with Gasteiger partial charge >= 0.3 is 6.09 Å². The first kappa shape index (κ1) is 20.3. The summed E-state index contributed by atoms with van der Waals surface area (Å²) in [6.07, 6.45) is 1.30. The molecule has 1 saturated heterocycles. The topological polar surface area (TPSA) is 68.5 Å². The molecule has 0 unspecified atom stereocenters. The molecule has 1 fully saturated rings. The molecule has 0 radical (unpaired) electrons. The second-order valence-corrected chi connectivity index (χ2v) is 9.02. The van der Waals surface area contributed by atoms with Gasteiger partial charge in [0.05, 0.1) is 10.0 Å². The van der Waals surface area contributed by atoms with Gasteiger partial charge in [-0.1, -0.05) is 41.0 Å². The Morgan fingerprint density at radius 1 is 1.33 bits per heavy atom. The Balaban J connectivity index is 1.64. The van der Waals surface area contributed by atoms with E-state index in [2.05, 4.69) is 10.2 Å². The van der Waals surface area contributed by atoms with Gasteiger partial charge in [-0.15, -0.1) is 10.2 Å². The smallest absolute Gasteiger partial charge is 0.410 e. The van der Waals surface area contributed by atoms with E-state index in [0.717, 1.165) is 18.4 Å². The van der Waals surface area contributed by atoms with E-state index < -0.39 is 5.60 Å². The Bertz CT molecular complexity index is 822. The van der Waals surface area contributed by atoms with Gasteiger partial charge in [-0.3, -0.25) is 4.90 Å². The zero-order chi connectivity index (χ0) is 19.6. The van der Waals surface area contributed by atoms with E-state index in [0.29, 0.717) is 33.5 Å². The van der Waals surface area contributed by atoms with E-state index in [1.165, 1.54) is 11.8 Å². The lowest BCUT2D eigenvalue weighted by Gasteiger charge is -2.27. The Morgan fingerprint density at radius 3 is 2.81 bits per heavy atom. The van der Waals surface area contributed by atoms with Crippen molar-refractivity contribution in [2.75, 3.05) is 6.54 Å². The Kier molecular flexibility index (Phi) is 6.23. The molecule has 0 bridgehead atoms. The first-order chi connectivity index (χ1) is 12.7. The number of amides is 1. The van der Waals surface area contributed by atoms with Gasteiger partial charge in [0.1, 0.15) is 11.6 Å².